The number of hydrogen-bond acceptors (Lipinski definition) is 1. The van der Waals surface area contributed by atoms with Crippen molar-refractivity contribution in [2.45, 2.75) is 46.1 Å². The molecule has 3 unspecified atom stereocenters. The van der Waals surface area contributed by atoms with E-state index in [0.717, 1.165) is 17.9 Å². The Bertz CT molecular complexity index is 99.4. The number of hydrogen-bond donors (Lipinski definition) is 1. The van der Waals surface area contributed by atoms with E-state index in [4.69, 9.17) is 0 Å². The Morgan fingerprint density at radius 3 is 2.36 bits per heavy atom. The summed E-state index contributed by atoms with van der Waals surface area (Å²) in [5.74, 6) is 1.79. The number of rotatable bonds is 0. The van der Waals surface area contributed by atoms with Crippen molar-refractivity contribution in [3.05, 3.63) is 0 Å². The molecule has 0 saturated carbocycles. The molecule has 1 nitrogen and oxygen atoms in total. The summed E-state index contributed by atoms with van der Waals surface area (Å²) in [6.45, 7) is 8.23. The van der Waals surface area contributed by atoms with Gasteiger partial charge >= 0.3 is 0 Å². The molecule has 0 aromatic carbocycles. The predicted molar refractivity (Wildman–Crippen MR) is 49.6 cm³/mol. The van der Waals surface area contributed by atoms with Gasteiger partial charge in [-0.2, -0.15) is 0 Å². The van der Waals surface area contributed by atoms with Gasteiger partial charge in [-0.25, -0.2) is 0 Å². The van der Waals surface area contributed by atoms with Crippen LogP contribution in [0.15, 0.2) is 0 Å². The first-order chi connectivity index (χ1) is 5.18. The van der Waals surface area contributed by atoms with E-state index in [1.165, 1.54) is 25.8 Å². The minimum atomic E-state index is 0.729. The summed E-state index contributed by atoms with van der Waals surface area (Å²) in [6.07, 6.45) is 4.18. The normalized spacial score (nSPS) is 41.2. The summed E-state index contributed by atoms with van der Waals surface area (Å²) in [6, 6.07) is 0.729. The van der Waals surface area contributed by atoms with E-state index in [1.807, 2.05) is 0 Å². The van der Waals surface area contributed by atoms with Crippen LogP contribution in [0.3, 0.4) is 0 Å². The van der Waals surface area contributed by atoms with E-state index < -0.39 is 0 Å². The van der Waals surface area contributed by atoms with Crippen LogP contribution in [-0.4, -0.2) is 12.6 Å². The molecule has 0 aliphatic carbocycles. The van der Waals surface area contributed by atoms with Gasteiger partial charge in [-0.1, -0.05) is 20.3 Å². The molecule has 1 aliphatic heterocycles. The van der Waals surface area contributed by atoms with Crippen LogP contribution in [0.2, 0.25) is 0 Å². The van der Waals surface area contributed by atoms with Crippen LogP contribution in [0.25, 0.3) is 0 Å². The lowest BCUT2D eigenvalue weighted by molar-refractivity contribution is 0.313. The van der Waals surface area contributed by atoms with Crippen molar-refractivity contribution >= 4 is 0 Å². The monoisotopic (exact) mass is 155 g/mol. The first-order valence-electron chi connectivity index (χ1n) is 4.92. The lowest BCUT2D eigenvalue weighted by Gasteiger charge is -2.25. The standard InChI is InChI=1S/C10H21N/c1-8-4-5-9(2)7-11-10(3)6-8/h8-11H,4-7H2,1-3H3. The molecule has 1 aliphatic rings. The van der Waals surface area contributed by atoms with Crippen LogP contribution < -0.4 is 5.32 Å². The van der Waals surface area contributed by atoms with Crippen molar-refractivity contribution in [3.63, 3.8) is 0 Å². The van der Waals surface area contributed by atoms with Gasteiger partial charge in [0.1, 0.15) is 0 Å². The molecule has 1 saturated heterocycles. The van der Waals surface area contributed by atoms with Gasteiger partial charge in [0.05, 0.1) is 0 Å². The molecule has 0 aromatic rings. The van der Waals surface area contributed by atoms with E-state index in [0.29, 0.717) is 0 Å². The first kappa shape index (κ1) is 9.05. The van der Waals surface area contributed by atoms with E-state index in [9.17, 15) is 0 Å². The summed E-state index contributed by atoms with van der Waals surface area (Å²) in [7, 11) is 0. The van der Waals surface area contributed by atoms with Crippen LogP contribution in [0.5, 0.6) is 0 Å². The van der Waals surface area contributed by atoms with Crippen LogP contribution in [0.1, 0.15) is 40.0 Å². The lowest BCUT2D eigenvalue weighted by atomic mass is 9.91. The van der Waals surface area contributed by atoms with Gasteiger partial charge in [-0.15, -0.1) is 0 Å². The molecule has 1 heterocycles. The summed E-state index contributed by atoms with van der Waals surface area (Å²) >= 11 is 0. The largest absolute Gasteiger partial charge is 0.314 e. The zero-order chi connectivity index (χ0) is 8.27. The Morgan fingerprint density at radius 1 is 1.00 bits per heavy atom. The van der Waals surface area contributed by atoms with Crippen molar-refractivity contribution in [2.75, 3.05) is 6.54 Å². The molecule has 0 bridgehead atoms. The van der Waals surface area contributed by atoms with Gasteiger partial charge in [-0.3, -0.25) is 0 Å². The molecule has 1 rings (SSSR count). The van der Waals surface area contributed by atoms with Gasteiger partial charge < -0.3 is 5.32 Å². The zero-order valence-corrected chi connectivity index (χ0v) is 8.06. The second-order valence-electron chi connectivity index (χ2n) is 4.33. The maximum Gasteiger partial charge on any atom is 0.00413 e. The second-order valence-corrected chi connectivity index (χ2v) is 4.33. The lowest BCUT2D eigenvalue weighted by Crippen LogP contribution is -2.33. The maximum atomic E-state index is 3.56. The minimum absolute atomic E-state index is 0.729. The van der Waals surface area contributed by atoms with E-state index in [-0.39, 0.29) is 0 Å². The Hall–Kier alpha value is -0.0400. The van der Waals surface area contributed by atoms with Gasteiger partial charge in [0, 0.05) is 6.04 Å². The average Bonchev–Trinajstić information content (AvgIpc) is 1.95. The Morgan fingerprint density at radius 2 is 1.64 bits per heavy atom. The SMILES string of the molecule is CC1CCC(C)CC(C)NC1. The van der Waals surface area contributed by atoms with Gasteiger partial charge in [0.15, 0.2) is 0 Å². The molecule has 1 fully saturated rings. The predicted octanol–water partition coefficient (Wildman–Crippen LogP) is 2.42. The molecular formula is C10H21N. The van der Waals surface area contributed by atoms with Crippen LogP contribution in [0, 0.1) is 11.8 Å². The van der Waals surface area contributed by atoms with Gasteiger partial charge in [0.2, 0.25) is 0 Å². The van der Waals surface area contributed by atoms with E-state index in [2.05, 4.69) is 26.1 Å². The van der Waals surface area contributed by atoms with Gasteiger partial charge in [-0.05, 0) is 38.1 Å². The molecular weight excluding hydrogens is 134 g/mol. The molecule has 0 spiro atoms. The third-order valence-electron chi connectivity index (χ3n) is 2.72. The van der Waals surface area contributed by atoms with Crippen LogP contribution in [0.4, 0.5) is 0 Å². The third-order valence-corrected chi connectivity index (χ3v) is 2.72. The van der Waals surface area contributed by atoms with Gasteiger partial charge in [0.25, 0.3) is 0 Å². The summed E-state index contributed by atoms with van der Waals surface area (Å²) in [5, 5.41) is 3.56. The van der Waals surface area contributed by atoms with Crippen molar-refractivity contribution in [2.24, 2.45) is 11.8 Å². The highest BCUT2D eigenvalue weighted by atomic mass is 14.9. The Balaban J connectivity index is 2.34. The topological polar surface area (TPSA) is 12.0 Å². The fourth-order valence-corrected chi connectivity index (χ4v) is 1.88. The fraction of sp³-hybridized carbons (Fsp3) is 1.00. The average molecular weight is 155 g/mol. The van der Waals surface area contributed by atoms with Crippen molar-refractivity contribution in [1.29, 1.82) is 0 Å². The van der Waals surface area contributed by atoms with Crippen molar-refractivity contribution in [3.8, 4) is 0 Å². The quantitative estimate of drug-likeness (QED) is 0.566. The first-order valence-corrected chi connectivity index (χ1v) is 4.92. The fourth-order valence-electron chi connectivity index (χ4n) is 1.88. The highest BCUT2D eigenvalue weighted by molar-refractivity contribution is 4.71. The molecule has 0 radical (unpaired) electrons. The van der Waals surface area contributed by atoms with Crippen molar-refractivity contribution in [1.82, 2.24) is 5.32 Å². The molecule has 0 amide bonds. The van der Waals surface area contributed by atoms with Crippen LogP contribution >= 0.6 is 0 Å². The van der Waals surface area contributed by atoms with Crippen molar-refractivity contribution < 1.29 is 0 Å². The minimum Gasteiger partial charge on any atom is -0.314 e. The second kappa shape index (κ2) is 4.10. The molecule has 0 aromatic heterocycles. The Labute approximate surface area is 70.6 Å². The zero-order valence-electron chi connectivity index (χ0n) is 8.06. The summed E-state index contributed by atoms with van der Waals surface area (Å²) in [5.41, 5.74) is 0. The highest BCUT2D eigenvalue weighted by Crippen LogP contribution is 2.19. The van der Waals surface area contributed by atoms with Crippen LogP contribution in [-0.2, 0) is 0 Å². The highest BCUT2D eigenvalue weighted by Gasteiger charge is 2.14. The smallest absolute Gasteiger partial charge is 0.00413 e. The third kappa shape index (κ3) is 3.24. The molecule has 66 valence electrons. The maximum absolute atomic E-state index is 3.56. The van der Waals surface area contributed by atoms with E-state index in [1.54, 1.807) is 0 Å². The summed E-state index contributed by atoms with van der Waals surface area (Å²) < 4.78 is 0. The Kier molecular flexibility index (Phi) is 3.38. The molecule has 3 atom stereocenters. The molecule has 1 N–H and O–H groups in total. The number of nitrogens with one attached hydrogen (secondary N) is 1. The summed E-state index contributed by atoms with van der Waals surface area (Å²) in [4.78, 5) is 0. The van der Waals surface area contributed by atoms with E-state index >= 15 is 0 Å². The molecule has 11 heavy (non-hydrogen) atoms. The molecule has 1 heteroatoms.